The van der Waals surface area contributed by atoms with Gasteiger partial charge in [0.1, 0.15) is 5.76 Å². The lowest BCUT2D eigenvalue weighted by Gasteiger charge is -2.33. The molecule has 0 atom stereocenters. The van der Waals surface area contributed by atoms with Crippen LogP contribution in [0.4, 0.5) is 0 Å². The first kappa shape index (κ1) is 18.3. The lowest BCUT2D eigenvalue weighted by Crippen LogP contribution is -2.48. The van der Waals surface area contributed by atoms with Crippen LogP contribution in [0.3, 0.4) is 0 Å². The number of halogens is 3. The molecule has 8 heteroatoms. The maximum atomic E-state index is 12.6. The fraction of sp³-hybridized carbons (Fsp3) is 0.333. The predicted octanol–water partition coefficient (Wildman–Crippen LogP) is 4.60. The summed E-state index contributed by atoms with van der Waals surface area (Å²) in [5.74, 6) is -0.0157. The number of amides is 1. The normalized spacial score (nSPS) is 16.9. The molecule has 0 fully saturated rings. The SMILES string of the molecule is COC(=S)OC1=C(c2c(Cl)cc(Cl)cc2Cl)C(=O)NC(C)(C)C1. The molecule has 1 aromatic rings. The fourth-order valence-electron chi connectivity index (χ4n) is 2.29. The molecule has 0 bridgehead atoms. The third kappa shape index (κ3) is 4.10. The van der Waals surface area contributed by atoms with Crippen molar-refractivity contribution in [3.05, 3.63) is 38.5 Å². The van der Waals surface area contributed by atoms with Gasteiger partial charge in [0.2, 0.25) is 0 Å². The summed E-state index contributed by atoms with van der Waals surface area (Å²) in [4.78, 5) is 12.6. The average Bonchev–Trinajstić information content (AvgIpc) is 2.39. The second-order valence-electron chi connectivity index (χ2n) is 5.61. The highest BCUT2D eigenvalue weighted by Gasteiger charge is 2.36. The molecular weight excluding hydrogens is 381 g/mol. The third-order valence-electron chi connectivity index (χ3n) is 3.19. The number of benzene rings is 1. The van der Waals surface area contributed by atoms with E-state index in [1.54, 1.807) is 0 Å². The monoisotopic (exact) mass is 393 g/mol. The van der Waals surface area contributed by atoms with E-state index in [2.05, 4.69) is 5.32 Å². The minimum atomic E-state index is -0.509. The van der Waals surface area contributed by atoms with E-state index in [0.717, 1.165) is 0 Å². The van der Waals surface area contributed by atoms with E-state index in [4.69, 9.17) is 56.5 Å². The van der Waals surface area contributed by atoms with Crippen molar-refractivity contribution in [2.45, 2.75) is 25.8 Å². The van der Waals surface area contributed by atoms with E-state index in [1.807, 2.05) is 13.8 Å². The molecule has 1 aromatic carbocycles. The van der Waals surface area contributed by atoms with Gasteiger partial charge in [0.05, 0.1) is 22.7 Å². The summed E-state index contributed by atoms with van der Waals surface area (Å²) in [5.41, 5.74) is 0.0556. The summed E-state index contributed by atoms with van der Waals surface area (Å²) in [7, 11) is 1.39. The van der Waals surface area contributed by atoms with Crippen molar-refractivity contribution in [1.29, 1.82) is 0 Å². The minimum Gasteiger partial charge on any atom is -0.460 e. The Morgan fingerprint density at radius 1 is 1.26 bits per heavy atom. The number of nitrogens with one attached hydrogen (secondary N) is 1. The van der Waals surface area contributed by atoms with E-state index in [-0.39, 0.29) is 26.8 Å². The summed E-state index contributed by atoms with van der Waals surface area (Å²) in [6, 6.07) is 3.02. The quantitative estimate of drug-likeness (QED) is 0.744. The van der Waals surface area contributed by atoms with Crippen molar-refractivity contribution >= 4 is 63.7 Å². The van der Waals surface area contributed by atoms with Crippen molar-refractivity contribution in [2.24, 2.45) is 0 Å². The highest BCUT2D eigenvalue weighted by molar-refractivity contribution is 7.79. The molecule has 1 N–H and O–H groups in total. The van der Waals surface area contributed by atoms with Crippen LogP contribution >= 0.6 is 47.0 Å². The van der Waals surface area contributed by atoms with Crippen LogP contribution in [0, 0.1) is 0 Å². The molecule has 1 heterocycles. The Kier molecular flexibility index (Phi) is 5.46. The predicted molar refractivity (Wildman–Crippen MR) is 95.9 cm³/mol. The van der Waals surface area contributed by atoms with Gasteiger partial charge in [-0.15, -0.1) is 0 Å². The Bertz CT molecular complexity index is 693. The van der Waals surface area contributed by atoms with E-state index >= 15 is 0 Å². The number of carbonyl (C=O) groups is 1. The second kappa shape index (κ2) is 6.85. The molecule has 0 unspecified atom stereocenters. The van der Waals surface area contributed by atoms with Crippen molar-refractivity contribution in [3.8, 4) is 0 Å². The van der Waals surface area contributed by atoms with Gasteiger partial charge < -0.3 is 14.8 Å². The Balaban J connectivity index is 2.66. The first-order valence-electron chi connectivity index (χ1n) is 6.61. The first-order valence-corrected chi connectivity index (χ1v) is 8.15. The third-order valence-corrected chi connectivity index (χ3v) is 4.25. The number of thiocarbonyl (C=S) groups is 1. The van der Waals surface area contributed by atoms with Gasteiger partial charge in [0.15, 0.2) is 0 Å². The van der Waals surface area contributed by atoms with E-state index < -0.39 is 5.54 Å². The molecule has 23 heavy (non-hydrogen) atoms. The molecular formula is C15H14Cl3NO3S. The van der Waals surface area contributed by atoms with Crippen molar-refractivity contribution in [1.82, 2.24) is 5.32 Å². The van der Waals surface area contributed by atoms with Crippen LogP contribution in [0.15, 0.2) is 17.9 Å². The van der Waals surface area contributed by atoms with E-state index in [9.17, 15) is 4.79 Å². The zero-order valence-electron chi connectivity index (χ0n) is 12.6. The lowest BCUT2D eigenvalue weighted by molar-refractivity contribution is -0.117. The van der Waals surface area contributed by atoms with Crippen LogP contribution in [-0.4, -0.2) is 23.8 Å². The zero-order chi connectivity index (χ0) is 17.4. The summed E-state index contributed by atoms with van der Waals surface area (Å²) in [6.07, 6.45) is 0.396. The summed E-state index contributed by atoms with van der Waals surface area (Å²) in [6.45, 7) is 3.73. The van der Waals surface area contributed by atoms with Gasteiger partial charge in [-0.05, 0) is 26.0 Å². The Morgan fingerprint density at radius 2 is 1.83 bits per heavy atom. The highest BCUT2D eigenvalue weighted by Crippen LogP contribution is 2.39. The van der Waals surface area contributed by atoms with Gasteiger partial charge in [-0.1, -0.05) is 34.8 Å². The first-order chi connectivity index (χ1) is 10.6. The lowest BCUT2D eigenvalue weighted by atomic mass is 9.89. The zero-order valence-corrected chi connectivity index (χ0v) is 15.7. The van der Waals surface area contributed by atoms with Crippen LogP contribution in [0.25, 0.3) is 5.57 Å². The average molecular weight is 395 g/mol. The molecule has 1 aliphatic rings. The summed E-state index contributed by atoms with van der Waals surface area (Å²) in [5, 5.41) is 3.66. The largest absolute Gasteiger partial charge is 0.460 e. The number of hydrogen-bond acceptors (Lipinski definition) is 4. The van der Waals surface area contributed by atoms with Crippen molar-refractivity contribution < 1.29 is 14.3 Å². The number of methoxy groups -OCH3 is 1. The van der Waals surface area contributed by atoms with Gasteiger partial charge >= 0.3 is 5.24 Å². The van der Waals surface area contributed by atoms with Crippen LogP contribution < -0.4 is 5.32 Å². The second-order valence-corrected chi connectivity index (χ2v) is 7.20. The molecule has 0 aliphatic carbocycles. The maximum absolute atomic E-state index is 12.6. The van der Waals surface area contributed by atoms with Crippen LogP contribution in [0.1, 0.15) is 25.8 Å². The van der Waals surface area contributed by atoms with Crippen LogP contribution in [0.5, 0.6) is 0 Å². The number of carbonyl (C=O) groups excluding carboxylic acids is 1. The molecule has 0 saturated heterocycles. The Labute approximate surface area is 154 Å². The van der Waals surface area contributed by atoms with Gasteiger partial charge in [-0.2, -0.15) is 0 Å². The molecule has 4 nitrogen and oxygen atoms in total. The van der Waals surface area contributed by atoms with E-state index in [1.165, 1.54) is 19.2 Å². The number of rotatable bonds is 2. The molecule has 0 radical (unpaired) electrons. The van der Waals surface area contributed by atoms with Crippen LogP contribution in [0.2, 0.25) is 15.1 Å². The minimum absolute atomic E-state index is 0.0933. The number of hydrogen-bond donors (Lipinski definition) is 1. The standard InChI is InChI=1S/C15H14Cl3NO3S/c1-15(2)6-10(22-14(23)21-3)12(13(20)19-15)11-8(17)4-7(16)5-9(11)18/h4-5H,6H2,1-3H3,(H,19,20). The van der Waals surface area contributed by atoms with Gasteiger partial charge in [0, 0.05) is 34.8 Å². The van der Waals surface area contributed by atoms with Crippen molar-refractivity contribution in [3.63, 3.8) is 0 Å². The number of ether oxygens (including phenoxy) is 2. The molecule has 2 rings (SSSR count). The molecule has 0 saturated carbocycles. The Hall–Kier alpha value is -1.01. The molecule has 1 amide bonds. The summed E-state index contributed by atoms with van der Waals surface area (Å²) < 4.78 is 10.4. The molecule has 0 spiro atoms. The van der Waals surface area contributed by atoms with Gasteiger partial charge in [-0.3, -0.25) is 4.79 Å². The molecule has 124 valence electrons. The topological polar surface area (TPSA) is 47.6 Å². The van der Waals surface area contributed by atoms with Crippen LogP contribution in [-0.2, 0) is 14.3 Å². The summed E-state index contributed by atoms with van der Waals surface area (Å²) >= 11 is 23.3. The maximum Gasteiger partial charge on any atom is 0.357 e. The van der Waals surface area contributed by atoms with Gasteiger partial charge in [0.25, 0.3) is 5.91 Å². The van der Waals surface area contributed by atoms with E-state index in [0.29, 0.717) is 22.8 Å². The Morgan fingerprint density at radius 3 is 2.35 bits per heavy atom. The molecule has 0 aromatic heterocycles. The molecule has 1 aliphatic heterocycles. The fourth-order valence-corrected chi connectivity index (χ4v) is 3.40. The highest BCUT2D eigenvalue weighted by atomic mass is 35.5. The van der Waals surface area contributed by atoms with Crippen molar-refractivity contribution in [2.75, 3.05) is 7.11 Å². The van der Waals surface area contributed by atoms with Gasteiger partial charge in [-0.25, -0.2) is 0 Å². The smallest absolute Gasteiger partial charge is 0.357 e.